The summed E-state index contributed by atoms with van der Waals surface area (Å²) in [4.78, 5) is 9.00. The van der Waals surface area contributed by atoms with Crippen LogP contribution < -0.4 is 0 Å². The number of rotatable bonds is 2. The highest BCUT2D eigenvalue weighted by molar-refractivity contribution is 5.62. The topological polar surface area (TPSA) is 37.3 Å². The van der Waals surface area contributed by atoms with Crippen LogP contribution in [0.25, 0.3) is 0 Å². The van der Waals surface area contributed by atoms with Gasteiger partial charge in [0.05, 0.1) is 0 Å². The lowest BCUT2D eigenvalue weighted by molar-refractivity contribution is -0.134. The molecule has 0 fully saturated rings. The smallest absolute Gasteiger partial charge is 0.300 e. The summed E-state index contributed by atoms with van der Waals surface area (Å²) in [7, 11) is 0. The van der Waals surface area contributed by atoms with E-state index in [4.69, 9.17) is 9.90 Å². The minimum absolute atomic E-state index is 0.833. The Morgan fingerprint density at radius 3 is 1.64 bits per heavy atom. The van der Waals surface area contributed by atoms with E-state index >= 15 is 0 Å². The van der Waals surface area contributed by atoms with Crippen LogP contribution in [-0.4, -0.2) is 11.1 Å². The molecule has 14 heavy (non-hydrogen) atoms. The van der Waals surface area contributed by atoms with E-state index in [-0.39, 0.29) is 0 Å². The van der Waals surface area contributed by atoms with Crippen molar-refractivity contribution in [3.63, 3.8) is 0 Å². The summed E-state index contributed by atoms with van der Waals surface area (Å²) < 4.78 is 0. The molecule has 0 aliphatic carbocycles. The van der Waals surface area contributed by atoms with Crippen molar-refractivity contribution < 1.29 is 9.90 Å². The molecule has 0 spiro atoms. The van der Waals surface area contributed by atoms with Crippen LogP contribution in [-0.2, 0) is 17.6 Å². The normalized spacial score (nSPS) is 8.79. The molecule has 0 saturated heterocycles. The fourth-order valence-electron chi connectivity index (χ4n) is 1.25. The number of aliphatic carboxylic acids is 1. The molecule has 0 bridgehead atoms. The van der Waals surface area contributed by atoms with Gasteiger partial charge in [-0.3, -0.25) is 4.79 Å². The van der Waals surface area contributed by atoms with E-state index in [0.29, 0.717) is 0 Å². The molecule has 2 nitrogen and oxygen atoms in total. The van der Waals surface area contributed by atoms with Crippen molar-refractivity contribution in [1.29, 1.82) is 0 Å². The van der Waals surface area contributed by atoms with Crippen molar-refractivity contribution in [3.8, 4) is 0 Å². The Bertz CT molecular complexity index is 252. The summed E-state index contributed by atoms with van der Waals surface area (Å²) in [5.74, 6) is -0.833. The van der Waals surface area contributed by atoms with Crippen molar-refractivity contribution in [3.05, 3.63) is 35.4 Å². The van der Waals surface area contributed by atoms with E-state index in [9.17, 15) is 0 Å². The van der Waals surface area contributed by atoms with E-state index in [1.165, 1.54) is 11.1 Å². The Morgan fingerprint density at radius 1 is 1.14 bits per heavy atom. The fraction of sp³-hybridized carbons (Fsp3) is 0.417. The number of carboxylic acid groups (broad SMARTS) is 1. The molecule has 0 aliphatic heterocycles. The zero-order valence-electron chi connectivity index (χ0n) is 9.08. The van der Waals surface area contributed by atoms with Crippen molar-refractivity contribution in [1.82, 2.24) is 0 Å². The van der Waals surface area contributed by atoms with Crippen molar-refractivity contribution in [2.24, 2.45) is 0 Å². The highest BCUT2D eigenvalue weighted by atomic mass is 16.4. The van der Waals surface area contributed by atoms with Crippen LogP contribution in [0.4, 0.5) is 0 Å². The van der Waals surface area contributed by atoms with Gasteiger partial charge in [-0.25, -0.2) is 0 Å². The Balaban J connectivity index is 0.000000364. The molecular formula is C12H18O2. The van der Waals surface area contributed by atoms with Gasteiger partial charge in [-0.15, -0.1) is 0 Å². The molecule has 1 aromatic rings. The number of hydrogen-bond donors (Lipinski definition) is 1. The average Bonchev–Trinajstić information content (AvgIpc) is 2.17. The first kappa shape index (κ1) is 12.7. The molecule has 78 valence electrons. The van der Waals surface area contributed by atoms with Gasteiger partial charge in [0.25, 0.3) is 5.97 Å². The molecule has 0 unspecified atom stereocenters. The minimum Gasteiger partial charge on any atom is -0.481 e. The zero-order chi connectivity index (χ0) is 11.0. The van der Waals surface area contributed by atoms with Crippen molar-refractivity contribution in [2.75, 3.05) is 0 Å². The Kier molecular flexibility index (Phi) is 6.46. The van der Waals surface area contributed by atoms with Gasteiger partial charge in [-0.1, -0.05) is 38.1 Å². The molecule has 1 aromatic carbocycles. The van der Waals surface area contributed by atoms with Gasteiger partial charge in [-0.2, -0.15) is 0 Å². The Hall–Kier alpha value is -1.31. The van der Waals surface area contributed by atoms with Gasteiger partial charge >= 0.3 is 0 Å². The van der Waals surface area contributed by atoms with E-state index < -0.39 is 5.97 Å². The maximum atomic E-state index is 9.00. The molecule has 0 amide bonds. The molecule has 0 aromatic heterocycles. The van der Waals surface area contributed by atoms with Crippen LogP contribution in [0.3, 0.4) is 0 Å². The molecule has 0 saturated carbocycles. The Labute approximate surface area is 85.6 Å². The summed E-state index contributed by atoms with van der Waals surface area (Å²) in [5, 5.41) is 7.42. The van der Waals surface area contributed by atoms with Crippen molar-refractivity contribution >= 4 is 5.97 Å². The molecule has 0 atom stereocenters. The second kappa shape index (κ2) is 7.13. The minimum atomic E-state index is -0.833. The van der Waals surface area contributed by atoms with Gasteiger partial charge in [0.15, 0.2) is 0 Å². The lowest BCUT2D eigenvalue weighted by atomic mass is 10.0. The summed E-state index contributed by atoms with van der Waals surface area (Å²) in [6, 6.07) is 8.63. The average molecular weight is 194 g/mol. The third-order valence-corrected chi connectivity index (χ3v) is 1.88. The first-order valence-corrected chi connectivity index (χ1v) is 4.88. The van der Waals surface area contributed by atoms with Crippen LogP contribution in [0.5, 0.6) is 0 Å². The van der Waals surface area contributed by atoms with Gasteiger partial charge in [0.2, 0.25) is 0 Å². The van der Waals surface area contributed by atoms with Crippen LogP contribution >= 0.6 is 0 Å². The summed E-state index contributed by atoms with van der Waals surface area (Å²) >= 11 is 0. The van der Waals surface area contributed by atoms with Crippen molar-refractivity contribution in [2.45, 2.75) is 33.6 Å². The number of benzene rings is 1. The van der Waals surface area contributed by atoms with Crippen LogP contribution in [0, 0.1) is 0 Å². The lowest BCUT2D eigenvalue weighted by Gasteiger charge is -2.02. The molecule has 1 rings (SSSR count). The van der Waals surface area contributed by atoms with Gasteiger partial charge in [-0.05, 0) is 24.0 Å². The highest BCUT2D eigenvalue weighted by Crippen LogP contribution is 2.08. The molecule has 0 heterocycles. The van der Waals surface area contributed by atoms with Gasteiger partial charge in [0.1, 0.15) is 0 Å². The van der Waals surface area contributed by atoms with Gasteiger partial charge < -0.3 is 5.11 Å². The Morgan fingerprint density at radius 2 is 1.43 bits per heavy atom. The van der Waals surface area contributed by atoms with Crippen LogP contribution in [0.15, 0.2) is 24.3 Å². The first-order chi connectivity index (χ1) is 6.61. The standard InChI is InChI=1S/C10H14.C2H4O2/c1-3-9-7-5-6-8-10(9)4-2;1-2(3)4/h5-8H,3-4H2,1-2H3;1H3,(H,3,4). The summed E-state index contributed by atoms with van der Waals surface area (Å²) in [6.45, 7) is 5.49. The van der Waals surface area contributed by atoms with E-state index in [2.05, 4.69) is 38.1 Å². The molecule has 1 N–H and O–H groups in total. The largest absolute Gasteiger partial charge is 0.481 e. The summed E-state index contributed by atoms with van der Waals surface area (Å²) in [5.41, 5.74) is 2.98. The van der Waals surface area contributed by atoms with E-state index in [1.807, 2.05) is 0 Å². The first-order valence-electron chi connectivity index (χ1n) is 4.88. The highest BCUT2D eigenvalue weighted by Gasteiger charge is 1.93. The monoisotopic (exact) mass is 194 g/mol. The maximum Gasteiger partial charge on any atom is 0.300 e. The SMILES string of the molecule is CC(=O)O.CCc1ccccc1CC. The van der Waals surface area contributed by atoms with Crippen LogP contribution in [0.1, 0.15) is 31.9 Å². The van der Waals surface area contributed by atoms with E-state index in [1.54, 1.807) is 0 Å². The lowest BCUT2D eigenvalue weighted by Crippen LogP contribution is -1.88. The maximum absolute atomic E-state index is 9.00. The number of hydrogen-bond acceptors (Lipinski definition) is 1. The third kappa shape index (κ3) is 5.36. The van der Waals surface area contributed by atoms with Crippen LogP contribution in [0.2, 0.25) is 0 Å². The second-order valence-electron chi connectivity index (χ2n) is 2.99. The molecule has 0 radical (unpaired) electrons. The number of aryl methyl sites for hydroxylation is 2. The fourth-order valence-corrected chi connectivity index (χ4v) is 1.25. The molecule has 0 aliphatic rings. The molecular weight excluding hydrogens is 176 g/mol. The second-order valence-corrected chi connectivity index (χ2v) is 2.99. The third-order valence-electron chi connectivity index (χ3n) is 1.88. The van der Waals surface area contributed by atoms with E-state index in [0.717, 1.165) is 19.8 Å². The predicted octanol–water partition coefficient (Wildman–Crippen LogP) is 2.90. The van der Waals surface area contributed by atoms with Gasteiger partial charge in [0, 0.05) is 6.92 Å². The predicted molar refractivity (Wildman–Crippen MR) is 58.5 cm³/mol. The number of carbonyl (C=O) groups is 1. The summed E-state index contributed by atoms with van der Waals surface area (Å²) in [6.07, 6.45) is 2.31. The zero-order valence-corrected chi connectivity index (χ0v) is 9.08. The number of carboxylic acids is 1. The molecule has 2 heteroatoms. The quantitative estimate of drug-likeness (QED) is 0.786.